The Kier molecular flexibility index (Phi) is 9.64. The molecule has 0 heterocycles. The van der Waals surface area contributed by atoms with E-state index in [2.05, 4.69) is 5.32 Å². The number of hydrogen-bond acceptors (Lipinski definition) is 4. The van der Waals surface area contributed by atoms with Crippen LogP contribution in [0.5, 0.6) is 0 Å². The van der Waals surface area contributed by atoms with Crippen LogP contribution in [0.1, 0.15) is 38.2 Å². The van der Waals surface area contributed by atoms with Crippen LogP contribution in [-0.2, 0) is 26.0 Å². The van der Waals surface area contributed by atoms with Gasteiger partial charge in [0.15, 0.2) is 0 Å². The molecule has 0 unspecified atom stereocenters. The molecular formula is C30H34ClN3O4S. The molecule has 4 rings (SSSR count). The van der Waals surface area contributed by atoms with E-state index in [1.165, 1.54) is 17.0 Å². The third-order valence-electron chi connectivity index (χ3n) is 7.08. The van der Waals surface area contributed by atoms with E-state index in [0.29, 0.717) is 6.42 Å². The molecule has 1 atom stereocenters. The van der Waals surface area contributed by atoms with Crippen molar-refractivity contribution in [2.45, 2.75) is 56.0 Å². The first-order chi connectivity index (χ1) is 18.8. The largest absolute Gasteiger partial charge is 0.352 e. The Labute approximate surface area is 235 Å². The molecule has 1 fully saturated rings. The van der Waals surface area contributed by atoms with Crippen molar-refractivity contribution in [3.8, 4) is 0 Å². The molecule has 39 heavy (non-hydrogen) atoms. The maximum Gasteiger partial charge on any atom is 0.264 e. The van der Waals surface area contributed by atoms with Crippen LogP contribution in [0.2, 0.25) is 5.02 Å². The summed E-state index contributed by atoms with van der Waals surface area (Å²) in [6, 6.07) is 23.5. The van der Waals surface area contributed by atoms with Crippen LogP contribution in [-0.4, -0.2) is 50.3 Å². The lowest BCUT2D eigenvalue weighted by atomic mass is 10.1. The van der Waals surface area contributed by atoms with E-state index in [1.54, 1.807) is 49.4 Å². The van der Waals surface area contributed by atoms with Crippen molar-refractivity contribution in [3.05, 3.63) is 95.5 Å². The van der Waals surface area contributed by atoms with Crippen molar-refractivity contribution < 1.29 is 18.0 Å². The first-order valence-corrected chi connectivity index (χ1v) is 15.1. The Balaban J connectivity index is 1.64. The van der Waals surface area contributed by atoms with E-state index < -0.39 is 28.5 Å². The van der Waals surface area contributed by atoms with Gasteiger partial charge in [0.05, 0.1) is 15.6 Å². The highest BCUT2D eigenvalue weighted by atomic mass is 35.5. The number of sulfonamides is 1. The minimum Gasteiger partial charge on any atom is -0.352 e. The number of nitrogens with one attached hydrogen (secondary N) is 1. The van der Waals surface area contributed by atoms with Gasteiger partial charge in [0, 0.05) is 12.6 Å². The number of rotatable bonds is 11. The molecule has 1 saturated carbocycles. The zero-order valence-corrected chi connectivity index (χ0v) is 23.6. The Hall–Kier alpha value is -3.36. The maximum atomic E-state index is 13.9. The zero-order chi connectivity index (χ0) is 27.8. The van der Waals surface area contributed by atoms with Gasteiger partial charge < -0.3 is 10.2 Å². The second-order valence-electron chi connectivity index (χ2n) is 9.76. The molecule has 1 aliphatic rings. The van der Waals surface area contributed by atoms with Gasteiger partial charge in [0.2, 0.25) is 11.8 Å². The molecule has 2 amide bonds. The number of halogens is 1. The van der Waals surface area contributed by atoms with E-state index in [4.69, 9.17) is 11.6 Å². The van der Waals surface area contributed by atoms with E-state index in [9.17, 15) is 18.0 Å². The molecule has 1 N–H and O–H groups in total. The van der Waals surface area contributed by atoms with E-state index in [1.807, 2.05) is 30.3 Å². The lowest BCUT2D eigenvalue weighted by Crippen LogP contribution is -2.53. The molecule has 3 aromatic rings. The van der Waals surface area contributed by atoms with Crippen molar-refractivity contribution in [3.63, 3.8) is 0 Å². The number of amides is 2. The van der Waals surface area contributed by atoms with Crippen LogP contribution in [0.3, 0.4) is 0 Å². The first kappa shape index (κ1) is 28.6. The average Bonchev–Trinajstić information content (AvgIpc) is 3.46. The molecule has 0 spiro atoms. The number of benzene rings is 3. The van der Waals surface area contributed by atoms with Gasteiger partial charge in [-0.25, -0.2) is 8.42 Å². The van der Waals surface area contributed by atoms with Gasteiger partial charge in [-0.2, -0.15) is 0 Å². The van der Waals surface area contributed by atoms with Gasteiger partial charge >= 0.3 is 0 Å². The average molecular weight is 568 g/mol. The molecule has 206 valence electrons. The molecule has 7 nitrogen and oxygen atoms in total. The highest BCUT2D eigenvalue weighted by Crippen LogP contribution is 2.30. The number of nitrogens with zero attached hydrogens (tertiary/aromatic N) is 2. The summed E-state index contributed by atoms with van der Waals surface area (Å²) in [7, 11) is -4.14. The maximum absolute atomic E-state index is 13.9. The van der Waals surface area contributed by atoms with E-state index in [-0.39, 0.29) is 34.1 Å². The fourth-order valence-electron chi connectivity index (χ4n) is 4.85. The molecule has 0 bridgehead atoms. The minimum absolute atomic E-state index is 0.0422. The lowest BCUT2D eigenvalue weighted by molar-refractivity contribution is -0.139. The Bertz CT molecular complexity index is 1360. The summed E-state index contributed by atoms with van der Waals surface area (Å²) < 4.78 is 28.6. The van der Waals surface area contributed by atoms with Crippen molar-refractivity contribution in [2.75, 3.05) is 17.4 Å². The molecule has 0 radical (unpaired) electrons. The summed E-state index contributed by atoms with van der Waals surface area (Å²) in [5.74, 6) is -0.724. The number of hydrogen-bond donors (Lipinski definition) is 1. The van der Waals surface area contributed by atoms with Crippen molar-refractivity contribution in [1.82, 2.24) is 10.2 Å². The molecule has 9 heteroatoms. The summed E-state index contributed by atoms with van der Waals surface area (Å²) in [5, 5.41) is 3.28. The molecule has 0 aliphatic heterocycles. The smallest absolute Gasteiger partial charge is 0.264 e. The van der Waals surface area contributed by atoms with Gasteiger partial charge in [-0.05, 0) is 56.0 Å². The van der Waals surface area contributed by atoms with Crippen LogP contribution >= 0.6 is 11.6 Å². The molecule has 0 saturated heterocycles. The SMILES string of the molecule is C[C@H](C(=O)NC1CCCC1)N(CCc1ccccc1)C(=O)CN(c1ccccc1Cl)S(=O)(=O)c1ccccc1. The fourth-order valence-corrected chi connectivity index (χ4v) is 6.59. The number of para-hydroxylation sites is 1. The zero-order valence-electron chi connectivity index (χ0n) is 22.0. The molecule has 3 aromatic carbocycles. The first-order valence-electron chi connectivity index (χ1n) is 13.2. The number of carbonyl (C=O) groups is 2. The second-order valence-corrected chi connectivity index (χ2v) is 12.0. The van der Waals surface area contributed by atoms with Crippen LogP contribution in [0.15, 0.2) is 89.8 Å². The van der Waals surface area contributed by atoms with Gasteiger partial charge in [-0.3, -0.25) is 13.9 Å². The van der Waals surface area contributed by atoms with Gasteiger partial charge in [0.25, 0.3) is 10.0 Å². The highest BCUT2D eigenvalue weighted by molar-refractivity contribution is 7.92. The second kappa shape index (κ2) is 13.1. The summed E-state index contributed by atoms with van der Waals surface area (Å²) >= 11 is 6.43. The topological polar surface area (TPSA) is 86.8 Å². The van der Waals surface area contributed by atoms with Crippen molar-refractivity contribution in [1.29, 1.82) is 0 Å². The van der Waals surface area contributed by atoms with Gasteiger partial charge in [0.1, 0.15) is 12.6 Å². The number of anilines is 1. The molecule has 1 aliphatic carbocycles. The normalized spacial score (nSPS) is 14.5. The third-order valence-corrected chi connectivity index (χ3v) is 9.18. The highest BCUT2D eigenvalue weighted by Gasteiger charge is 2.33. The summed E-state index contributed by atoms with van der Waals surface area (Å²) in [6.07, 6.45) is 4.50. The molecule has 0 aromatic heterocycles. The van der Waals surface area contributed by atoms with E-state index in [0.717, 1.165) is 35.6 Å². The van der Waals surface area contributed by atoms with Crippen LogP contribution in [0.25, 0.3) is 0 Å². The van der Waals surface area contributed by atoms with Gasteiger partial charge in [-0.15, -0.1) is 0 Å². The Morgan fingerprint density at radius 2 is 1.51 bits per heavy atom. The minimum atomic E-state index is -4.14. The fraction of sp³-hybridized carbons (Fsp3) is 0.333. The summed E-state index contributed by atoms with van der Waals surface area (Å²) in [6.45, 7) is 1.44. The predicted molar refractivity (Wildman–Crippen MR) is 154 cm³/mol. The van der Waals surface area contributed by atoms with Crippen LogP contribution in [0.4, 0.5) is 5.69 Å². The Morgan fingerprint density at radius 1 is 0.923 bits per heavy atom. The van der Waals surface area contributed by atoms with E-state index >= 15 is 0 Å². The van der Waals surface area contributed by atoms with Crippen LogP contribution < -0.4 is 9.62 Å². The van der Waals surface area contributed by atoms with Crippen molar-refractivity contribution >= 4 is 39.1 Å². The number of carbonyl (C=O) groups excluding carboxylic acids is 2. The quantitative estimate of drug-likeness (QED) is 0.351. The lowest BCUT2D eigenvalue weighted by Gasteiger charge is -2.32. The Morgan fingerprint density at radius 3 is 2.15 bits per heavy atom. The summed E-state index contributed by atoms with van der Waals surface area (Å²) in [5.41, 5.74) is 1.21. The standard InChI is InChI=1S/C30H34ClN3O4S/c1-23(30(36)32-25-14-8-9-15-25)33(21-20-24-12-4-2-5-13-24)29(35)22-34(28-19-11-10-18-27(28)31)39(37,38)26-16-6-3-7-17-26/h2-7,10-13,16-19,23,25H,8-9,14-15,20-22H2,1H3,(H,32,36)/t23-/m1/s1. The van der Waals surface area contributed by atoms with Gasteiger partial charge in [-0.1, -0.05) is 85.1 Å². The molecular weight excluding hydrogens is 534 g/mol. The van der Waals surface area contributed by atoms with Crippen molar-refractivity contribution in [2.24, 2.45) is 0 Å². The summed E-state index contributed by atoms with van der Waals surface area (Å²) in [4.78, 5) is 28.7. The van der Waals surface area contributed by atoms with Crippen LogP contribution in [0, 0.1) is 0 Å². The monoisotopic (exact) mass is 567 g/mol. The predicted octanol–water partition coefficient (Wildman–Crippen LogP) is 5.05. The third kappa shape index (κ3) is 7.19.